The average Bonchev–Trinajstić information content (AvgIpc) is 2.86. The zero-order valence-electron chi connectivity index (χ0n) is 10.1. The Bertz CT molecular complexity index is 566. The first-order valence-corrected chi connectivity index (χ1v) is 5.88. The van der Waals surface area contributed by atoms with E-state index in [9.17, 15) is 4.79 Å². The molecule has 2 rings (SSSR count). The van der Waals surface area contributed by atoms with Crippen molar-refractivity contribution >= 4 is 17.6 Å². The van der Waals surface area contributed by atoms with Gasteiger partial charge in [-0.2, -0.15) is 5.10 Å². The van der Waals surface area contributed by atoms with Crippen LogP contribution in [0.1, 0.15) is 18.4 Å². The molecule has 2 aromatic rings. The van der Waals surface area contributed by atoms with E-state index in [0.717, 1.165) is 11.3 Å². The Morgan fingerprint density at radius 3 is 2.94 bits per heavy atom. The van der Waals surface area contributed by atoms with Crippen molar-refractivity contribution in [2.75, 3.05) is 7.11 Å². The van der Waals surface area contributed by atoms with Gasteiger partial charge < -0.3 is 4.74 Å². The molecule has 0 saturated carbocycles. The molecule has 0 aliphatic rings. The maximum atomic E-state index is 11.4. The second-order valence-electron chi connectivity index (χ2n) is 3.94. The highest BCUT2D eigenvalue weighted by atomic mass is 35.5. The number of carbonyl (C=O) groups excluding carboxylic acids is 1. The maximum Gasteiger partial charge on any atom is 0.312 e. The van der Waals surface area contributed by atoms with Crippen LogP contribution in [0.25, 0.3) is 5.69 Å². The molecule has 0 fully saturated rings. The van der Waals surface area contributed by atoms with Crippen LogP contribution in [-0.4, -0.2) is 22.9 Å². The zero-order chi connectivity index (χ0) is 13.1. The van der Waals surface area contributed by atoms with Crippen LogP contribution in [-0.2, 0) is 9.53 Å². The molecule has 1 aromatic heterocycles. The lowest BCUT2D eigenvalue weighted by atomic mass is 10.1. The molecular formula is C13H13ClN2O2. The summed E-state index contributed by atoms with van der Waals surface area (Å²) >= 11 is 5.92. The van der Waals surface area contributed by atoms with Crippen LogP contribution in [0.2, 0.25) is 5.02 Å². The largest absolute Gasteiger partial charge is 0.469 e. The van der Waals surface area contributed by atoms with E-state index in [1.807, 2.05) is 12.1 Å². The molecular weight excluding hydrogens is 252 g/mol. The highest BCUT2D eigenvalue weighted by molar-refractivity contribution is 6.30. The van der Waals surface area contributed by atoms with Gasteiger partial charge in [0.25, 0.3) is 0 Å². The fourth-order valence-electron chi connectivity index (χ4n) is 1.63. The van der Waals surface area contributed by atoms with Gasteiger partial charge >= 0.3 is 5.97 Å². The number of methoxy groups -OCH3 is 1. The van der Waals surface area contributed by atoms with Gasteiger partial charge in [0, 0.05) is 16.8 Å². The summed E-state index contributed by atoms with van der Waals surface area (Å²) in [6.45, 7) is 1.78. The second-order valence-corrected chi connectivity index (χ2v) is 4.38. The molecule has 0 saturated heterocycles. The van der Waals surface area contributed by atoms with Gasteiger partial charge in [0.1, 0.15) is 0 Å². The van der Waals surface area contributed by atoms with Crippen molar-refractivity contribution in [1.29, 1.82) is 0 Å². The first-order valence-electron chi connectivity index (χ1n) is 5.50. The highest BCUT2D eigenvalue weighted by Crippen LogP contribution is 2.19. The standard InChI is InChI=1S/C13H13ClN2O2/c1-9(13(17)18-2)10-7-15-16(8-10)12-5-3-4-11(14)6-12/h3-9H,1-2H3. The number of esters is 1. The molecule has 0 amide bonds. The minimum absolute atomic E-state index is 0.277. The van der Waals surface area contributed by atoms with E-state index in [4.69, 9.17) is 16.3 Å². The second kappa shape index (κ2) is 5.23. The number of benzene rings is 1. The molecule has 0 aliphatic carbocycles. The van der Waals surface area contributed by atoms with Gasteiger partial charge in [-0.25, -0.2) is 4.68 Å². The number of hydrogen-bond acceptors (Lipinski definition) is 3. The number of carbonyl (C=O) groups is 1. The quantitative estimate of drug-likeness (QED) is 0.801. The van der Waals surface area contributed by atoms with Crippen LogP contribution in [0, 0.1) is 0 Å². The van der Waals surface area contributed by atoms with Gasteiger partial charge in [0.15, 0.2) is 0 Å². The summed E-state index contributed by atoms with van der Waals surface area (Å²) in [5.74, 6) is -0.608. The average molecular weight is 265 g/mol. The predicted molar refractivity (Wildman–Crippen MR) is 69.0 cm³/mol. The summed E-state index contributed by atoms with van der Waals surface area (Å²) in [6.07, 6.45) is 3.45. The molecule has 0 spiro atoms. The van der Waals surface area contributed by atoms with Crippen molar-refractivity contribution in [3.63, 3.8) is 0 Å². The third-order valence-electron chi connectivity index (χ3n) is 2.73. The molecule has 1 aromatic carbocycles. The van der Waals surface area contributed by atoms with Crippen LogP contribution < -0.4 is 0 Å². The maximum absolute atomic E-state index is 11.4. The van der Waals surface area contributed by atoms with Gasteiger partial charge in [0.2, 0.25) is 0 Å². The van der Waals surface area contributed by atoms with Crippen molar-refractivity contribution in [2.45, 2.75) is 12.8 Å². The van der Waals surface area contributed by atoms with Gasteiger partial charge in [-0.15, -0.1) is 0 Å². The van der Waals surface area contributed by atoms with Crippen LogP contribution in [0.3, 0.4) is 0 Å². The smallest absolute Gasteiger partial charge is 0.312 e. The third kappa shape index (κ3) is 2.54. The molecule has 1 heterocycles. The molecule has 4 nitrogen and oxygen atoms in total. The molecule has 5 heteroatoms. The van der Waals surface area contributed by atoms with E-state index in [1.54, 1.807) is 36.1 Å². The normalized spacial score (nSPS) is 12.2. The minimum Gasteiger partial charge on any atom is -0.469 e. The fourth-order valence-corrected chi connectivity index (χ4v) is 1.82. The van der Waals surface area contributed by atoms with Crippen molar-refractivity contribution in [1.82, 2.24) is 9.78 Å². The van der Waals surface area contributed by atoms with Gasteiger partial charge in [-0.1, -0.05) is 17.7 Å². The minimum atomic E-state index is -0.331. The number of ether oxygens (including phenoxy) is 1. The summed E-state index contributed by atoms with van der Waals surface area (Å²) in [4.78, 5) is 11.4. The number of hydrogen-bond donors (Lipinski definition) is 0. The van der Waals surface area contributed by atoms with E-state index < -0.39 is 0 Å². The Labute approximate surface area is 110 Å². The first kappa shape index (κ1) is 12.6. The molecule has 0 bridgehead atoms. The van der Waals surface area contributed by atoms with E-state index in [1.165, 1.54) is 7.11 Å². The molecule has 1 atom stereocenters. The lowest BCUT2D eigenvalue weighted by Crippen LogP contribution is -2.09. The summed E-state index contributed by atoms with van der Waals surface area (Å²) in [6, 6.07) is 7.35. The van der Waals surface area contributed by atoms with E-state index in [-0.39, 0.29) is 11.9 Å². The number of nitrogens with zero attached hydrogens (tertiary/aromatic N) is 2. The van der Waals surface area contributed by atoms with Crippen molar-refractivity contribution in [3.8, 4) is 5.69 Å². The Balaban J connectivity index is 2.28. The van der Waals surface area contributed by atoms with Gasteiger partial charge in [-0.3, -0.25) is 4.79 Å². The first-order chi connectivity index (χ1) is 8.61. The van der Waals surface area contributed by atoms with E-state index in [0.29, 0.717) is 5.02 Å². The van der Waals surface area contributed by atoms with Gasteiger partial charge in [-0.05, 0) is 25.1 Å². The van der Waals surface area contributed by atoms with Crippen molar-refractivity contribution < 1.29 is 9.53 Å². The molecule has 1 unspecified atom stereocenters. The van der Waals surface area contributed by atoms with Crippen LogP contribution in [0.5, 0.6) is 0 Å². The SMILES string of the molecule is COC(=O)C(C)c1cnn(-c2cccc(Cl)c2)c1. The monoisotopic (exact) mass is 264 g/mol. The van der Waals surface area contributed by atoms with Crippen molar-refractivity contribution in [2.24, 2.45) is 0 Å². The third-order valence-corrected chi connectivity index (χ3v) is 2.97. The van der Waals surface area contributed by atoms with Crippen molar-refractivity contribution in [3.05, 3.63) is 47.2 Å². The Kier molecular flexibility index (Phi) is 3.67. The van der Waals surface area contributed by atoms with Crippen LogP contribution in [0.4, 0.5) is 0 Å². The van der Waals surface area contributed by atoms with E-state index in [2.05, 4.69) is 5.10 Å². The molecule has 18 heavy (non-hydrogen) atoms. The highest BCUT2D eigenvalue weighted by Gasteiger charge is 2.17. The summed E-state index contributed by atoms with van der Waals surface area (Å²) in [7, 11) is 1.38. The molecule has 0 aliphatic heterocycles. The predicted octanol–water partition coefficient (Wildman–Crippen LogP) is 2.80. The summed E-state index contributed by atoms with van der Waals surface area (Å²) in [5, 5.41) is 4.86. The van der Waals surface area contributed by atoms with Gasteiger partial charge in [0.05, 0.1) is 24.9 Å². The summed E-state index contributed by atoms with van der Waals surface area (Å²) in [5.41, 5.74) is 1.66. The lowest BCUT2D eigenvalue weighted by molar-refractivity contribution is -0.141. The molecule has 94 valence electrons. The van der Waals surface area contributed by atoms with Crippen LogP contribution >= 0.6 is 11.6 Å². The van der Waals surface area contributed by atoms with E-state index >= 15 is 0 Å². The number of rotatable bonds is 3. The summed E-state index contributed by atoms with van der Waals surface area (Å²) < 4.78 is 6.38. The lowest BCUT2D eigenvalue weighted by Gasteiger charge is -2.05. The molecule has 0 radical (unpaired) electrons. The fraction of sp³-hybridized carbons (Fsp3) is 0.231. The Morgan fingerprint density at radius 2 is 2.28 bits per heavy atom. The number of halogens is 1. The Morgan fingerprint density at radius 1 is 1.50 bits per heavy atom. The topological polar surface area (TPSA) is 44.1 Å². The zero-order valence-corrected chi connectivity index (χ0v) is 10.9. The molecule has 0 N–H and O–H groups in total. The Hall–Kier alpha value is -1.81. The number of aromatic nitrogens is 2. The van der Waals surface area contributed by atoms with Crippen LogP contribution in [0.15, 0.2) is 36.7 Å².